The van der Waals surface area contributed by atoms with Gasteiger partial charge in [0, 0.05) is 45.5 Å². The molecule has 0 N–H and O–H groups in total. The molecule has 1 fully saturated rings. The molecule has 1 aliphatic rings. The first-order valence-electron chi connectivity index (χ1n) is 18.8. The van der Waals surface area contributed by atoms with E-state index >= 15 is 0 Å². The highest BCUT2D eigenvalue weighted by molar-refractivity contribution is 6.29. The molecule has 7 aromatic rings. The third-order valence-electron chi connectivity index (χ3n) is 11.1. The molecule has 2 atom stereocenters. The summed E-state index contributed by atoms with van der Waals surface area (Å²) in [6.45, 7) is 9.19. The van der Waals surface area contributed by atoms with E-state index in [1.165, 1.54) is 54.8 Å². The predicted octanol–water partition coefficient (Wildman–Crippen LogP) is 13.4. The maximum absolute atomic E-state index is 10.1. The summed E-state index contributed by atoms with van der Waals surface area (Å²) in [7, 11) is 0. The summed E-state index contributed by atoms with van der Waals surface area (Å²) >= 11 is 0. The summed E-state index contributed by atoms with van der Waals surface area (Å²) in [6, 6.07) is 48.7. The average Bonchev–Trinajstić information content (AvgIpc) is 3.18. The van der Waals surface area contributed by atoms with Crippen LogP contribution in [0.4, 0.5) is 28.4 Å². The van der Waals surface area contributed by atoms with Gasteiger partial charge >= 0.3 is 0 Å². The van der Waals surface area contributed by atoms with Crippen molar-refractivity contribution in [1.82, 2.24) is 0 Å². The van der Waals surface area contributed by atoms with Crippen molar-refractivity contribution in [1.29, 1.82) is 10.5 Å². The molecule has 1 saturated carbocycles. The SMILES string of the molecule is CC(C)c1cc(N(c2ccccc2)c2cccc(C#N)c2)c2ccc3c(C(C)C)cc(N(c4ccccc4)C4CCCC(C#N)C4)c4ccc1c2c34. The molecule has 256 valence electrons. The Bertz CT molecular complexity index is 2470. The summed E-state index contributed by atoms with van der Waals surface area (Å²) in [5, 5.41) is 27.6. The van der Waals surface area contributed by atoms with E-state index in [0.29, 0.717) is 11.5 Å². The van der Waals surface area contributed by atoms with Crippen molar-refractivity contribution in [2.45, 2.75) is 71.3 Å². The topological polar surface area (TPSA) is 54.1 Å². The Morgan fingerprint density at radius 2 is 1.13 bits per heavy atom. The normalized spacial score (nSPS) is 16.1. The van der Waals surface area contributed by atoms with Crippen molar-refractivity contribution < 1.29 is 0 Å². The number of nitrogens with zero attached hydrogens (tertiary/aromatic N) is 4. The summed E-state index contributed by atoms with van der Waals surface area (Å²) in [4.78, 5) is 4.89. The Labute approximate surface area is 307 Å². The molecule has 4 heteroatoms. The molecular formula is C48H44N4. The van der Waals surface area contributed by atoms with Crippen molar-refractivity contribution in [3.63, 3.8) is 0 Å². The second kappa shape index (κ2) is 13.7. The highest BCUT2D eigenvalue weighted by Crippen LogP contribution is 2.50. The number of para-hydroxylation sites is 2. The van der Waals surface area contributed by atoms with E-state index < -0.39 is 0 Å². The Balaban J connectivity index is 1.49. The van der Waals surface area contributed by atoms with Crippen molar-refractivity contribution in [3.05, 3.63) is 138 Å². The number of hydrogen-bond acceptors (Lipinski definition) is 4. The Hall–Kier alpha value is -5.84. The molecule has 0 aromatic heterocycles. The number of nitriles is 2. The van der Waals surface area contributed by atoms with Crippen LogP contribution in [0.3, 0.4) is 0 Å². The van der Waals surface area contributed by atoms with E-state index in [4.69, 9.17) is 0 Å². The monoisotopic (exact) mass is 676 g/mol. The standard InChI is InChI=1S/C48H44N4/c1-31(2)43-27-45(51(35-15-7-5-8-16-35)37-19-11-13-33(25-37)29-49)41-24-22-40-44(32(3)4)28-46(42-23-21-39(43)47(41)48(40)42)52(36-17-9-6-10-18-36)38-20-12-14-34(26-38)30-50/h5-11,13,15-19,21-25,27-28,31-32,34,38H,12,14,20,26H2,1-4H3. The molecule has 0 radical (unpaired) electrons. The second-order valence-corrected chi connectivity index (χ2v) is 15.0. The lowest BCUT2D eigenvalue weighted by molar-refractivity contribution is 0.375. The molecule has 2 unspecified atom stereocenters. The summed E-state index contributed by atoms with van der Waals surface area (Å²) in [5.74, 6) is 0.646. The second-order valence-electron chi connectivity index (χ2n) is 15.0. The maximum Gasteiger partial charge on any atom is 0.0992 e. The van der Waals surface area contributed by atoms with Crippen LogP contribution in [0.1, 0.15) is 81.9 Å². The molecule has 0 spiro atoms. The van der Waals surface area contributed by atoms with Crippen LogP contribution in [0.25, 0.3) is 32.3 Å². The molecule has 1 aliphatic carbocycles. The minimum Gasteiger partial charge on any atom is -0.338 e. The quantitative estimate of drug-likeness (QED) is 0.150. The smallest absolute Gasteiger partial charge is 0.0992 e. The van der Waals surface area contributed by atoms with E-state index in [1.807, 2.05) is 18.2 Å². The van der Waals surface area contributed by atoms with Gasteiger partial charge in [-0.3, -0.25) is 0 Å². The van der Waals surface area contributed by atoms with Crippen LogP contribution in [0, 0.1) is 28.6 Å². The van der Waals surface area contributed by atoms with Crippen LogP contribution in [0.5, 0.6) is 0 Å². The first kappa shape index (κ1) is 33.3. The third-order valence-corrected chi connectivity index (χ3v) is 11.1. The van der Waals surface area contributed by atoms with Gasteiger partial charge in [-0.15, -0.1) is 0 Å². The van der Waals surface area contributed by atoms with Gasteiger partial charge in [-0.2, -0.15) is 10.5 Å². The lowest BCUT2D eigenvalue weighted by atomic mass is 9.82. The number of rotatable bonds is 8. The van der Waals surface area contributed by atoms with E-state index in [-0.39, 0.29) is 17.9 Å². The van der Waals surface area contributed by atoms with Gasteiger partial charge in [0.1, 0.15) is 0 Å². The highest BCUT2D eigenvalue weighted by Gasteiger charge is 2.31. The van der Waals surface area contributed by atoms with E-state index in [2.05, 4.69) is 153 Å². The molecule has 8 rings (SSSR count). The van der Waals surface area contributed by atoms with Crippen LogP contribution < -0.4 is 9.80 Å². The predicted molar refractivity (Wildman–Crippen MR) is 218 cm³/mol. The zero-order valence-corrected chi connectivity index (χ0v) is 30.5. The van der Waals surface area contributed by atoms with Gasteiger partial charge in [0.05, 0.1) is 23.4 Å². The molecule has 0 heterocycles. The minimum atomic E-state index is 0.0639. The van der Waals surface area contributed by atoms with Crippen LogP contribution in [0.15, 0.2) is 121 Å². The van der Waals surface area contributed by atoms with E-state index in [1.54, 1.807) is 0 Å². The molecule has 7 aromatic carbocycles. The van der Waals surface area contributed by atoms with Crippen molar-refractivity contribution >= 4 is 60.8 Å². The third kappa shape index (κ3) is 5.70. The molecule has 0 aliphatic heterocycles. The van der Waals surface area contributed by atoms with Crippen molar-refractivity contribution in [2.75, 3.05) is 9.80 Å². The fourth-order valence-corrected chi connectivity index (χ4v) is 8.72. The van der Waals surface area contributed by atoms with Crippen LogP contribution in [-0.2, 0) is 0 Å². The molecule has 0 amide bonds. The lowest BCUT2D eigenvalue weighted by Crippen LogP contribution is -2.35. The van der Waals surface area contributed by atoms with Crippen LogP contribution >= 0.6 is 0 Å². The van der Waals surface area contributed by atoms with Crippen molar-refractivity contribution in [2.24, 2.45) is 5.92 Å². The fourth-order valence-electron chi connectivity index (χ4n) is 8.72. The van der Waals surface area contributed by atoms with Gasteiger partial charge in [-0.25, -0.2) is 0 Å². The molecule has 0 bridgehead atoms. The first-order valence-corrected chi connectivity index (χ1v) is 18.8. The highest BCUT2D eigenvalue weighted by atomic mass is 15.2. The molecule has 52 heavy (non-hydrogen) atoms. The number of hydrogen-bond donors (Lipinski definition) is 0. The number of benzene rings is 7. The van der Waals surface area contributed by atoms with Gasteiger partial charge in [0.25, 0.3) is 0 Å². The zero-order chi connectivity index (χ0) is 35.9. The van der Waals surface area contributed by atoms with Crippen LogP contribution in [0.2, 0.25) is 0 Å². The van der Waals surface area contributed by atoms with E-state index in [9.17, 15) is 10.5 Å². The number of anilines is 5. The van der Waals surface area contributed by atoms with E-state index in [0.717, 1.165) is 42.7 Å². The van der Waals surface area contributed by atoms with Gasteiger partial charge in [-0.1, -0.05) is 101 Å². The summed E-state index contributed by atoms with van der Waals surface area (Å²) in [5.41, 5.74) is 8.77. The Kier molecular flexibility index (Phi) is 8.78. The largest absolute Gasteiger partial charge is 0.338 e. The first-order chi connectivity index (χ1) is 25.4. The molecule has 0 saturated heterocycles. The average molecular weight is 677 g/mol. The lowest BCUT2D eigenvalue weighted by Gasteiger charge is -2.39. The maximum atomic E-state index is 10.1. The Morgan fingerprint density at radius 1 is 0.577 bits per heavy atom. The minimum absolute atomic E-state index is 0.0639. The zero-order valence-electron chi connectivity index (χ0n) is 30.5. The summed E-state index contributed by atoms with van der Waals surface area (Å²) < 4.78 is 0. The molecule has 4 nitrogen and oxygen atoms in total. The summed E-state index contributed by atoms with van der Waals surface area (Å²) in [6.07, 6.45) is 3.95. The van der Waals surface area contributed by atoms with Crippen LogP contribution in [-0.4, -0.2) is 6.04 Å². The van der Waals surface area contributed by atoms with Gasteiger partial charge in [0.2, 0.25) is 0 Å². The van der Waals surface area contributed by atoms with Gasteiger partial charge in [0.15, 0.2) is 0 Å². The molecular weight excluding hydrogens is 633 g/mol. The Morgan fingerprint density at radius 3 is 1.73 bits per heavy atom. The van der Waals surface area contributed by atoms with Gasteiger partial charge in [-0.05, 0) is 118 Å². The fraction of sp³-hybridized carbons (Fsp3) is 0.250. The van der Waals surface area contributed by atoms with Crippen molar-refractivity contribution in [3.8, 4) is 12.1 Å². The van der Waals surface area contributed by atoms with Gasteiger partial charge < -0.3 is 9.80 Å².